The zero-order chi connectivity index (χ0) is 15.3. The van der Waals surface area contributed by atoms with Crippen LogP contribution in [0.3, 0.4) is 0 Å². The highest BCUT2D eigenvalue weighted by Gasteiger charge is 2.17. The van der Waals surface area contributed by atoms with E-state index in [0.717, 1.165) is 12.5 Å². The molecule has 4 nitrogen and oxygen atoms in total. The molecular formula is C15H22FNO3. The first kappa shape index (κ1) is 16.3. The predicted molar refractivity (Wildman–Crippen MR) is 76.3 cm³/mol. The van der Waals surface area contributed by atoms with Crippen LogP contribution in [0.5, 0.6) is 5.75 Å². The molecule has 2 N–H and O–H groups in total. The van der Waals surface area contributed by atoms with Crippen molar-refractivity contribution in [2.75, 3.05) is 12.3 Å². The number of halogens is 1. The molecule has 0 aliphatic heterocycles. The molecular weight excluding hydrogens is 261 g/mol. The number of benzene rings is 1. The van der Waals surface area contributed by atoms with Gasteiger partial charge in [-0.15, -0.1) is 0 Å². The van der Waals surface area contributed by atoms with Gasteiger partial charge in [-0.1, -0.05) is 13.8 Å². The zero-order valence-corrected chi connectivity index (χ0v) is 12.4. The molecule has 0 bridgehead atoms. The lowest BCUT2D eigenvalue weighted by molar-refractivity contribution is 0.0526. The second kappa shape index (κ2) is 7.12. The Balaban J connectivity index is 2.96. The summed E-state index contributed by atoms with van der Waals surface area (Å²) < 4.78 is 24.2. The maximum absolute atomic E-state index is 13.8. The fraction of sp³-hybridized carbons (Fsp3) is 0.533. The Morgan fingerprint density at radius 2 is 2.00 bits per heavy atom. The molecule has 1 unspecified atom stereocenters. The number of rotatable bonds is 6. The summed E-state index contributed by atoms with van der Waals surface area (Å²) in [5, 5.41) is 0. The number of esters is 1. The van der Waals surface area contributed by atoms with Gasteiger partial charge in [-0.05, 0) is 32.3 Å². The highest BCUT2D eigenvalue weighted by Crippen LogP contribution is 2.26. The van der Waals surface area contributed by atoms with Gasteiger partial charge in [0, 0.05) is 11.8 Å². The van der Waals surface area contributed by atoms with E-state index >= 15 is 0 Å². The third-order valence-corrected chi connectivity index (χ3v) is 2.73. The highest BCUT2D eigenvalue weighted by atomic mass is 19.1. The molecule has 20 heavy (non-hydrogen) atoms. The SMILES string of the molecule is CCOC(=O)c1cc(OC(C)CC(C)C)c(F)cc1N. The maximum Gasteiger partial charge on any atom is 0.340 e. The lowest BCUT2D eigenvalue weighted by Gasteiger charge is -2.18. The van der Waals surface area contributed by atoms with Crippen molar-refractivity contribution < 1.29 is 18.7 Å². The van der Waals surface area contributed by atoms with Crippen molar-refractivity contribution in [3.05, 3.63) is 23.5 Å². The molecule has 1 rings (SSSR count). The van der Waals surface area contributed by atoms with E-state index in [9.17, 15) is 9.18 Å². The Hall–Kier alpha value is -1.78. The summed E-state index contributed by atoms with van der Waals surface area (Å²) in [5.74, 6) is -0.695. The van der Waals surface area contributed by atoms with Gasteiger partial charge in [0.15, 0.2) is 11.6 Å². The Bertz CT molecular complexity index is 474. The van der Waals surface area contributed by atoms with Crippen LogP contribution in [0.4, 0.5) is 10.1 Å². The summed E-state index contributed by atoms with van der Waals surface area (Å²) in [5.41, 5.74) is 5.81. The lowest BCUT2D eigenvalue weighted by Crippen LogP contribution is -2.16. The monoisotopic (exact) mass is 283 g/mol. The van der Waals surface area contributed by atoms with Crippen LogP contribution >= 0.6 is 0 Å². The molecule has 0 saturated carbocycles. The largest absolute Gasteiger partial charge is 0.488 e. The second-order valence-corrected chi connectivity index (χ2v) is 5.15. The predicted octanol–water partition coefficient (Wildman–Crippen LogP) is 3.40. The van der Waals surface area contributed by atoms with Crippen LogP contribution in [0.15, 0.2) is 12.1 Å². The third-order valence-electron chi connectivity index (χ3n) is 2.73. The molecule has 0 amide bonds. The van der Waals surface area contributed by atoms with Crippen LogP contribution in [0.1, 0.15) is 44.5 Å². The van der Waals surface area contributed by atoms with Gasteiger partial charge in [-0.2, -0.15) is 0 Å². The van der Waals surface area contributed by atoms with E-state index in [1.807, 2.05) is 6.92 Å². The van der Waals surface area contributed by atoms with Crippen molar-refractivity contribution in [1.82, 2.24) is 0 Å². The average molecular weight is 283 g/mol. The molecule has 1 atom stereocenters. The van der Waals surface area contributed by atoms with Gasteiger partial charge in [0.25, 0.3) is 0 Å². The summed E-state index contributed by atoms with van der Waals surface area (Å²) in [6.45, 7) is 7.90. The highest BCUT2D eigenvalue weighted by molar-refractivity contribution is 5.95. The first-order valence-electron chi connectivity index (χ1n) is 6.77. The molecule has 5 heteroatoms. The minimum absolute atomic E-state index is 0.0235. The molecule has 0 spiro atoms. The van der Waals surface area contributed by atoms with Gasteiger partial charge < -0.3 is 15.2 Å². The van der Waals surface area contributed by atoms with Crippen molar-refractivity contribution in [3.8, 4) is 5.75 Å². The molecule has 0 saturated heterocycles. The molecule has 0 radical (unpaired) electrons. The van der Waals surface area contributed by atoms with Crippen LogP contribution in [-0.2, 0) is 4.74 Å². The lowest BCUT2D eigenvalue weighted by atomic mass is 10.1. The molecule has 0 aliphatic carbocycles. The zero-order valence-electron chi connectivity index (χ0n) is 12.4. The van der Waals surface area contributed by atoms with Crippen molar-refractivity contribution in [3.63, 3.8) is 0 Å². The van der Waals surface area contributed by atoms with E-state index < -0.39 is 11.8 Å². The maximum atomic E-state index is 13.8. The summed E-state index contributed by atoms with van der Waals surface area (Å²) >= 11 is 0. The molecule has 0 aliphatic rings. The van der Waals surface area contributed by atoms with Gasteiger partial charge in [0.2, 0.25) is 0 Å². The summed E-state index contributed by atoms with van der Waals surface area (Å²) in [4.78, 5) is 11.7. The Morgan fingerprint density at radius 3 is 2.55 bits per heavy atom. The first-order valence-corrected chi connectivity index (χ1v) is 6.77. The van der Waals surface area contributed by atoms with Crippen LogP contribution in [-0.4, -0.2) is 18.7 Å². The van der Waals surface area contributed by atoms with Gasteiger partial charge in [0.05, 0.1) is 18.3 Å². The van der Waals surface area contributed by atoms with Crippen molar-refractivity contribution in [2.24, 2.45) is 5.92 Å². The number of anilines is 1. The Morgan fingerprint density at radius 1 is 1.35 bits per heavy atom. The molecule has 1 aromatic carbocycles. The van der Waals surface area contributed by atoms with Gasteiger partial charge in [-0.25, -0.2) is 9.18 Å². The minimum Gasteiger partial charge on any atom is -0.488 e. The fourth-order valence-electron chi connectivity index (χ4n) is 1.97. The summed E-state index contributed by atoms with van der Waals surface area (Å²) in [6, 6.07) is 2.39. The van der Waals surface area contributed by atoms with Crippen LogP contribution in [0.25, 0.3) is 0 Å². The van der Waals surface area contributed by atoms with Crippen molar-refractivity contribution in [2.45, 2.75) is 40.2 Å². The van der Waals surface area contributed by atoms with E-state index in [1.54, 1.807) is 6.92 Å². The summed E-state index contributed by atoms with van der Waals surface area (Å²) in [6.07, 6.45) is 0.640. The number of carbonyl (C=O) groups excluding carboxylic acids is 1. The van der Waals surface area contributed by atoms with Crippen LogP contribution in [0.2, 0.25) is 0 Å². The third kappa shape index (κ3) is 4.40. The standard InChI is InChI=1S/C15H22FNO3/c1-5-19-15(18)11-7-14(12(16)8-13(11)17)20-10(4)6-9(2)3/h7-10H,5-6,17H2,1-4H3. The molecule has 0 heterocycles. The summed E-state index contributed by atoms with van der Waals surface area (Å²) in [7, 11) is 0. The van der Waals surface area contributed by atoms with Crippen LogP contribution in [0, 0.1) is 11.7 Å². The van der Waals surface area contributed by atoms with E-state index in [-0.39, 0.29) is 29.7 Å². The number of nitrogen functional groups attached to an aromatic ring is 1. The number of ether oxygens (including phenoxy) is 2. The van der Waals surface area contributed by atoms with E-state index in [4.69, 9.17) is 15.2 Å². The topological polar surface area (TPSA) is 61.5 Å². The first-order chi connectivity index (χ1) is 9.35. The molecule has 1 aromatic rings. The number of hydrogen-bond donors (Lipinski definition) is 1. The molecule has 0 fully saturated rings. The minimum atomic E-state index is -0.578. The van der Waals surface area contributed by atoms with Gasteiger partial charge in [0.1, 0.15) is 0 Å². The van der Waals surface area contributed by atoms with E-state index in [1.165, 1.54) is 6.07 Å². The molecule has 0 aromatic heterocycles. The van der Waals surface area contributed by atoms with Gasteiger partial charge >= 0.3 is 5.97 Å². The van der Waals surface area contributed by atoms with E-state index in [0.29, 0.717) is 5.92 Å². The molecule has 112 valence electrons. The fourth-order valence-corrected chi connectivity index (χ4v) is 1.97. The Labute approximate surface area is 119 Å². The second-order valence-electron chi connectivity index (χ2n) is 5.15. The normalized spacial score (nSPS) is 12.3. The Kier molecular flexibility index (Phi) is 5.80. The van der Waals surface area contributed by atoms with E-state index in [2.05, 4.69) is 13.8 Å². The van der Waals surface area contributed by atoms with Crippen molar-refractivity contribution in [1.29, 1.82) is 0 Å². The number of hydrogen-bond acceptors (Lipinski definition) is 4. The van der Waals surface area contributed by atoms with Crippen LogP contribution < -0.4 is 10.5 Å². The quantitative estimate of drug-likeness (QED) is 0.642. The average Bonchev–Trinajstić information content (AvgIpc) is 2.31. The van der Waals surface area contributed by atoms with Gasteiger partial charge in [-0.3, -0.25) is 0 Å². The smallest absolute Gasteiger partial charge is 0.340 e. The number of nitrogens with two attached hydrogens (primary N) is 1. The van der Waals surface area contributed by atoms with Crippen molar-refractivity contribution >= 4 is 11.7 Å². The number of carbonyl (C=O) groups is 1.